The van der Waals surface area contributed by atoms with Crippen LogP contribution in [0.3, 0.4) is 0 Å². The zero-order valence-corrected chi connectivity index (χ0v) is 19.0. The van der Waals surface area contributed by atoms with Crippen molar-refractivity contribution in [2.24, 2.45) is 0 Å². The fourth-order valence-corrected chi connectivity index (χ4v) is 5.50. The van der Waals surface area contributed by atoms with Crippen molar-refractivity contribution in [2.75, 3.05) is 23.7 Å². The highest BCUT2D eigenvalue weighted by atomic mass is 32.1. The Labute approximate surface area is 196 Å². The summed E-state index contributed by atoms with van der Waals surface area (Å²) in [7, 11) is 0. The van der Waals surface area contributed by atoms with Crippen molar-refractivity contribution in [3.05, 3.63) is 59.8 Å². The number of aromatic amines is 1. The van der Waals surface area contributed by atoms with Gasteiger partial charge in [0.05, 0.1) is 5.56 Å². The van der Waals surface area contributed by atoms with Crippen molar-refractivity contribution in [3.63, 3.8) is 0 Å². The third kappa shape index (κ3) is 4.87. The first-order valence-corrected chi connectivity index (χ1v) is 11.9. The van der Waals surface area contributed by atoms with Gasteiger partial charge in [0.25, 0.3) is 0 Å². The van der Waals surface area contributed by atoms with E-state index < -0.39 is 11.7 Å². The summed E-state index contributed by atoms with van der Waals surface area (Å²) in [5.74, 6) is 0.547. The number of hydrogen-bond acceptors (Lipinski definition) is 2. The SMILES string of the molecule is FC(F)(F)c1ccc(NC(=S)Nc2ccc3[nH]cc(C4CCN5CCCCC5C4)c3c2)cc1. The monoisotopic (exact) mass is 472 g/mol. The Morgan fingerprint density at radius 3 is 2.52 bits per heavy atom. The van der Waals surface area contributed by atoms with E-state index in [2.05, 4.69) is 32.8 Å². The van der Waals surface area contributed by atoms with Gasteiger partial charge >= 0.3 is 6.18 Å². The number of nitrogens with one attached hydrogen (secondary N) is 3. The number of benzene rings is 2. The topological polar surface area (TPSA) is 43.1 Å². The summed E-state index contributed by atoms with van der Waals surface area (Å²) in [5, 5.41) is 7.66. The normalized spacial score (nSPS) is 21.5. The van der Waals surface area contributed by atoms with E-state index in [1.807, 2.05) is 12.1 Å². The minimum absolute atomic E-state index is 0.335. The highest BCUT2D eigenvalue weighted by molar-refractivity contribution is 7.80. The first kappa shape index (κ1) is 22.2. The summed E-state index contributed by atoms with van der Waals surface area (Å²) in [6, 6.07) is 11.6. The van der Waals surface area contributed by atoms with Gasteiger partial charge in [0.2, 0.25) is 0 Å². The van der Waals surface area contributed by atoms with E-state index in [1.165, 1.54) is 68.3 Å². The third-order valence-corrected chi connectivity index (χ3v) is 7.16. The van der Waals surface area contributed by atoms with E-state index in [-0.39, 0.29) is 0 Å². The molecule has 0 amide bonds. The maximum absolute atomic E-state index is 12.8. The number of fused-ring (bicyclic) bond motifs is 2. The van der Waals surface area contributed by atoms with Crippen molar-refractivity contribution in [1.82, 2.24) is 9.88 Å². The van der Waals surface area contributed by atoms with Crippen LogP contribution < -0.4 is 10.6 Å². The van der Waals surface area contributed by atoms with Gasteiger partial charge in [-0.15, -0.1) is 0 Å². The highest BCUT2D eigenvalue weighted by Gasteiger charge is 2.32. The second-order valence-electron chi connectivity index (χ2n) is 9.07. The van der Waals surface area contributed by atoms with Crippen LogP contribution in [0, 0.1) is 0 Å². The molecule has 2 aliphatic heterocycles. The van der Waals surface area contributed by atoms with Gasteiger partial charge in [-0.3, -0.25) is 0 Å². The van der Waals surface area contributed by atoms with Gasteiger partial charge in [-0.25, -0.2) is 0 Å². The van der Waals surface area contributed by atoms with E-state index in [9.17, 15) is 13.2 Å². The Balaban J connectivity index is 1.28. The molecule has 174 valence electrons. The summed E-state index contributed by atoms with van der Waals surface area (Å²) >= 11 is 5.39. The molecule has 0 radical (unpaired) electrons. The lowest BCUT2D eigenvalue weighted by Gasteiger charge is -2.42. The lowest BCUT2D eigenvalue weighted by Crippen LogP contribution is -2.44. The average molecular weight is 473 g/mol. The highest BCUT2D eigenvalue weighted by Crippen LogP contribution is 2.39. The smallest absolute Gasteiger partial charge is 0.361 e. The van der Waals surface area contributed by atoms with Crippen LogP contribution in [0.25, 0.3) is 10.9 Å². The minimum atomic E-state index is -4.35. The molecule has 3 N–H and O–H groups in total. The number of piperidine rings is 2. The molecule has 2 saturated heterocycles. The van der Waals surface area contributed by atoms with Crippen molar-refractivity contribution in [2.45, 2.75) is 50.2 Å². The van der Waals surface area contributed by atoms with E-state index in [0.717, 1.165) is 23.3 Å². The van der Waals surface area contributed by atoms with Crippen LogP contribution in [-0.2, 0) is 6.18 Å². The Kier molecular flexibility index (Phi) is 6.05. The maximum Gasteiger partial charge on any atom is 0.416 e. The molecule has 2 aromatic carbocycles. The van der Waals surface area contributed by atoms with Crippen LogP contribution in [0.1, 0.15) is 49.1 Å². The van der Waals surface area contributed by atoms with Crippen molar-refractivity contribution in [3.8, 4) is 0 Å². The fourth-order valence-electron chi connectivity index (χ4n) is 5.27. The van der Waals surface area contributed by atoms with Gasteiger partial charge in [-0.1, -0.05) is 6.42 Å². The van der Waals surface area contributed by atoms with Gasteiger partial charge < -0.3 is 20.5 Å². The van der Waals surface area contributed by atoms with Gasteiger partial charge in [-0.05, 0) is 105 Å². The predicted molar refractivity (Wildman–Crippen MR) is 131 cm³/mol. The zero-order valence-electron chi connectivity index (χ0n) is 18.2. The summed E-state index contributed by atoms with van der Waals surface area (Å²) in [4.78, 5) is 6.07. The number of aromatic nitrogens is 1. The predicted octanol–water partition coefficient (Wildman–Crippen LogP) is 6.73. The molecule has 0 bridgehead atoms. The molecule has 8 heteroatoms. The third-order valence-electron chi connectivity index (χ3n) is 6.95. The molecule has 4 nitrogen and oxygen atoms in total. The molecule has 5 rings (SSSR count). The van der Waals surface area contributed by atoms with Crippen LogP contribution in [0.5, 0.6) is 0 Å². The van der Waals surface area contributed by atoms with E-state index >= 15 is 0 Å². The number of rotatable bonds is 3. The molecule has 2 atom stereocenters. The number of halogens is 3. The largest absolute Gasteiger partial charge is 0.416 e. The molecule has 3 heterocycles. The number of thiocarbonyl (C=S) groups is 1. The number of H-pyrrole nitrogens is 1. The summed E-state index contributed by atoms with van der Waals surface area (Å²) in [5.41, 5.74) is 3.13. The van der Waals surface area contributed by atoms with Crippen LogP contribution in [0.15, 0.2) is 48.7 Å². The van der Waals surface area contributed by atoms with Gasteiger partial charge in [0.15, 0.2) is 5.11 Å². The molecule has 2 aliphatic rings. The van der Waals surface area contributed by atoms with E-state index in [4.69, 9.17) is 12.2 Å². The van der Waals surface area contributed by atoms with Gasteiger partial charge in [-0.2, -0.15) is 13.2 Å². The van der Waals surface area contributed by atoms with Crippen molar-refractivity contribution >= 4 is 39.6 Å². The second kappa shape index (κ2) is 8.99. The summed E-state index contributed by atoms with van der Waals surface area (Å²) in [6.45, 7) is 2.41. The molecular weight excluding hydrogens is 445 g/mol. The molecule has 1 aromatic heterocycles. The van der Waals surface area contributed by atoms with Crippen LogP contribution in [-0.4, -0.2) is 34.1 Å². The Morgan fingerprint density at radius 1 is 0.970 bits per heavy atom. The molecule has 3 aromatic rings. The maximum atomic E-state index is 12.8. The molecule has 0 saturated carbocycles. The first-order valence-electron chi connectivity index (χ1n) is 11.5. The van der Waals surface area contributed by atoms with Crippen molar-refractivity contribution in [1.29, 1.82) is 0 Å². The van der Waals surface area contributed by atoms with Crippen LogP contribution in [0.2, 0.25) is 0 Å². The molecule has 0 aliphatic carbocycles. The molecular formula is C25H27F3N4S. The minimum Gasteiger partial charge on any atom is -0.361 e. The number of anilines is 2. The Bertz CT molecular complexity index is 1140. The van der Waals surface area contributed by atoms with Crippen LogP contribution in [0.4, 0.5) is 24.5 Å². The number of hydrogen-bond donors (Lipinski definition) is 3. The fraction of sp³-hybridized carbons (Fsp3) is 0.400. The first-order chi connectivity index (χ1) is 15.9. The standard InChI is InChI=1S/C25H27F3N4S/c26-25(27,28)17-4-6-18(7-5-17)30-24(33)31-19-8-9-23-21(14-19)22(15-29-23)16-10-12-32-11-2-1-3-20(32)13-16/h4-9,14-16,20,29H,1-3,10-13H2,(H2,30,31,33). The Hall–Kier alpha value is -2.58. The van der Waals surface area contributed by atoms with Crippen LogP contribution >= 0.6 is 12.2 Å². The van der Waals surface area contributed by atoms with E-state index in [0.29, 0.717) is 22.8 Å². The van der Waals surface area contributed by atoms with Gasteiger partial charge in [0, 0.05) is 34.5 Å². The quantitative estimate of drug-likeness (QED) is 0.370. The molecule has 2 unspecified atom stereocenters. The molecule has 33 heavy (non-hydrogen) atoms. The average Bonchev–Trinajstić information content (AvgIpc) is 3.22. The van der Waals surface area contributed by atoms with Crippen molar-refractivity contribution < 1.29 is 13.2 Å². The lowest BCUT2D eigenvalue weighted by molar-refractivity contribution is -0.137. The molecule has 2 fully saturated rings. The summed E-state index contributed by atoms with van der Waals surface area (Å²) < 4.78 is 38.3. The second-order valence-corrected chi connectivity index (χ2v) is 9.47. The molecule has 0 spiro atoms. The number of nitrogens with zero attached hydrogens (tertiary/aromatic N) is 1. The van der Waals surface area contributed by atoms with Gasteiger partial charge in [0.1, 0.15) is 0 Å². The lowest BCUT2D eigenvalue weighted by atomic mass is 9.82. The number of alkyl halides is 3. The Morgan fingerprint density at radius 2 is 1.73 bits per heavy atom. The summed E-state index contributed by atoms with van der Waals surface area (Å²) in [6.07, 6.45) is 4.14. The zero-order chi connectivity index (χ0) is 23.0. The van der Waals surface area contributed by atoms with E-state index in [1.54, 1.807) is 0 Å².